The predicted molar refractivity (Wildman–Crippen MR) is 57.5 cm³/mol. The first-order valence-electron chi connectivity index (χ1n) is 4.87. The van der Waals surface area contributed by atoms with E-state index in [1.54, 1.807) is 13.3 Å². The SMILES string of the molecule is CCn1ccnc1NC(C)(C)COC. The van der Waals surface area contributed by atoms with Gasteiger partial charge in [0.25, 0.3) is 0 Å². The molecule has 0 atom stereocenters. The highest BCUT2D eigenvalue weighted by Crippen LogP contribution is 2.13. The molecule has 80 valence electrons. The first-order valence-corrected chi connectivity index (χ1v) is 4.87. The second-order valence-corrected chi connectivity index (χ2v) is 3.98. The molecule has 0 saturated heterocycles. The van der Waals surface area contributed by atoms with Crippen LogP contribution >= 0.6 is 0 Å². The predicted octanol–water partition coefficient (Wildman–Crippen LogP) is 1.74. The van der Waals surface area contributed by atoms with E-state index >= 15 is 0 Å². The smallest absolute Gasteiger partial charge is 0.203 e. The summed E-state index contributed by atoms with van der Waals surface area (Å²) in [6.45, 7) is 7.85. The fourth-order valence-corrected chi connectivity index (χ4v) is 1.39. The Morgan fingerprint density at radius 3 is 2.86 bits per heavy atom. The van der Waals surface area contributed by atoms with E-state index in [0.717, 1.165) is 12.5 Å². The molecule has 0 bridgehead atoms. The van der Waals surface area contributed by atoms with E-state index in [1.807, 2.05) is 6.20 Å². The summed E-state index contributed by atoms with van der Waals surface area (Å²) in [5.41, 5.74) is -0.0903. The van der Waals surface area contributed by atoms with Gasteiger partial charge < -0.3 is 14.6 Å². The summed E-state index contributed by atoms with van der Waals surface area (Å²) in [6.07, 6.45) is 3.76. The number of anilines is 1. The summed E-state index contributed by atoms with van der Waals surface area (Å²) >= 11 is 0. The lowest BCUT2D eigenvalue weighted by Gasteiger charge is -2.26. The fraction of sp³-hybridized carbons (Fsp3) is 0.700. The van der Waals surface area contributed by atoms with E-state index in [1.165, 1.54) is 0 Å². The second-order valence-electron chi connectivity index (χ2n) is 3.98. The van der Waals surface area contributed by atoms with Gasteiger partial charge in [0, 0.05) is 26.0 Å². The topological polar surface area (TPSA) is 39.1 Å². The third kappa shape index (κ3) is 2.73. The monoisotopic (exact) mass is 197 g/mol. The van der Waals surface area contributed by atoms with Crippen molar-refractivity contribution >= 4 is 5.95 Å². The molecule has 1 N–H and O–H groups in total. The molecule has 0 radical (unpaired) electrons. The fourth-order valence-electron chi connectivity index (χ4n) is 1.39. The normalized spacial score (nSPS) is 11.7. The summed E-state index contributed by atoms with van der Waals surface area (Å²) in [4.78, 5) is 4.25. The van der Waals surface area contributed by atoms with Crippen LogP contribution in [-0.2, 0) is 11.3 Å². The van der Waals surface area contributed by atoms with Crippen LogP contribution in [0.4, 0.5) is 5.95 Å². The van der Waals surface area contributed by atoms with Gasteiger partial charge in [-0.05, 0) is 20.8 Å². The van der Waals surface area contributed by atoms with Crippen LogP contribution in [0.25, 0.3) is 0 Å². The van der Waals surface area contributed by atoms with Gasteiger partial charge in [0.2, 0.25) is 5.95 Å². The molecular formula is C10H19N3O. The van der Waals surface area contributed by atoms with Crippen molar-refractivity contribution in [1.82, 2.24) is 9.55 Å². The van der Waals surface area contributed by atoms with E-state index in [2.05, 4.69) is 35.6 Å². The number of aryl methyl sites for hydroxylation is 1. The summed E-state index contributed by atoms with van der Waals surface area (Å²) in [6, 6.07) is 0. The van der Waals surface area contributed by atoms with E-state index < -0.39 is 0 Å². The highest BCUT2D eigenvalue weighted by Gasteiger charge is 2.18. The van der Waals surface area contributed by atoms with Crippen LogP contribution in [0.15, 0.2) is 12.4 Å². The van der Waals surface area contributed by atoms with Crippen LogP contribution in [0.3, 0.4) is 0 Å². The quantitative estimate of drug-likeness (QED) is 0.781. The molecule has 1 heterocycles. The first-order chi connectivity index (χ1) is 6.59. The number of methoxy groups -OCH3 is 1. The number of aromatic nitrogens is 2. The molecule has 0 saturated carbocycles. The molecule has 0 spiro atoms. The Bertz CT molecular complexity index is 281. The molecule has 0 fully saturated rings. The molecule has 0 unspecified atom stereocenters. The van der Waals surface area contributed by atoms with Crippen LogP contribution in [0.1, 0.15) is 20.8 Å². The lowest BCUT2D eigenvalue weighted by Crippen LogP contribution is -2.37. The van der Waals surface area contributed by atoms with Crippen molar-refractivity contribution in [2.75, 3.05) is 19.0 Å². The van der Waals surface area contributed by atoms with Gasteiger partial charge in [-0.2, -0.15) is 0 Å². The van der Waals surface area contributed by atoms with Gasteiger partial charge in [-0.15, -0.1) is 0 Å². The molecule has 0 aliphatic carbocycles. The summed E-state index contributed by atoms with van der Waals surface area (Å²) < 4.78 is 7.20. The summed E-state index contributed by atoms with van der Waals surface area (Å²) in [5.74, 6) is 0.898. The maximum absolute atomic E-state index is 5.13. The number of hydrogen-bond acceptors (Lipinski definition) is 3. The number of ether oxygens (including phenoxy) is 1. The Hall–Kier alpha value is -1.03. The second kappa shape index (κ2) is 4.46. The Morgan fingerprint density at radius 1 is 1.57 bits per heavy atom. The number of rotatable bonds is 5. The van der Waals surface area contributed by atoms with Crippen molar-refractivity contribution in [2.24, 2.45) is 0 Å². The molecule has 0 aliphatic heterocycles. The van der Waals surface area contributed by atoms with Gasteiger partial charge in [0.05, 0.1) is 12.1 Å². The standard InChI is InChI=1S/C10H19N3O/c1-5-13-7-6-11-9(13)12-10(2,3)8-14-4/h6-7H,5,8H2,1-4H3,(H,11,12). The Kier molecular flexibility index (Phi) is 3.52. The molecule has 4 nitrogen and oxygen atoms in total. The molecule has 0 amide bonds. The van der Waals surface area contributed by atoms with Gasteiger partial charge >= 0.3 is 0 Å². The zero-order valence-electron chi connectivity index (χ0n) is 9.37. The summed E-state index contributed by atoms with van der Waals surface area (Å²) in [7, 11) is 1.70. The Morgan fingerprint density at radius 2 is 2.29 bits per heavy atom. The van der Waals surface area contributed by atoms with Crippen molar-refractivity contribution in [3.05, 3.63) is 12.4 Å². The number of nitrogens with one attached hydrogen (secondary N) is 1. The van der Waals surface area contributed by atoms with E-state index in [-0.39, 0.29) is 5.54 Å². The van der Waals surface area contributed by atoms with Crippen LogP contribution < -0.4 is 5.32 Å². The van der Waals surface area contributed by atoms with Crippen LogP contribution in [0.2, 0.25) is 0 Å². The van der Waals surface area contributed by atoms with Crippen molar-refractivity contribution in [3.63, 3.8) is 0 Å². The average Bonchev–Trinajstić information content (AvgIpc) is 2.50. The molecule has 14 heavy (non-hydrogen) atoms. The Balaban J connectivity index is 2.67. The minimum absolute atomic E-state index is 0.0903. The number of imidazole rings is 1. The maximum Gasteiger partial charge on any atom is 0.203 e. The highest BCUT2D eigenvalue weighted by molar-refractivity contribution is 5.29. The minimum Gasteiger partial charge on any atom is -0.382 e. The molecule has 0 aliphatic rings. The number of hydrogen-bond donors (Lipinski definition) is 1. The van der Waals surface area contributed by atoms with E-state index in [4.69, 9.17) is 4.74 Å². The van der Waals surface area contributed by atoms with E-state index in [0.29, 0.717) is 6.61 Å². The number of nitrogens with zero attached hydrogens (tertiary/aromatic N) is 2. The van der Waals surface area contributed by atoms with Crippen molar-refractivity contribution < 1.29 is 4.74 Å². The maximum atomic E-state index is 5.13. The molecule has 4 heteroatoms. The highest BCUT2D eigenvalue weighted by atomic mass is 16.5. The van der Waals surface area contributed by atoms with Crippen LogP contribution in [0.5, 0.6) is 0 Å². The third-order valence-corrected chi connectivity index (χ3v) is 2.01. The third-order valence-electron chi connectivity index (χ3n) is 2.01. The van der Waals surface area contributed by atoms with Crippen LogP contribution in [0, 0.1) is 0 Å². The van der Waals surface area contributed by atoms with Gasteiger partial charge in [-0.25, -0.2) is 4.98 Å². The van der Waals surface area contributed by atoms with Gasteiger partial charge in [0.1, 0.15) is 0 Å². The lowest BCUT2D eigenvalue weighted by atomic mass is 10.1. The Labute approximate surface area is 85.3 Å². The molecular weight excluding hydrogens is 178 g/mol. The molecule has 1 rings (SSSR count). The van der Waals surface area contributed by atoms with Crippen molar-refractivity contribution in [1.29, 1.82) is 0 Å². The first kappa shape index (κ1) is 11.0. The van der Waals surface area contributed by atoms with Gasteiger partial charge in [0.15, 0.2) is 0 Å². The van der Waals surface area contributed by atoms with Crippen molar-refractivity contribution in [3.8, 4) is 0 Å². The largest absolute Gasteiger partial charge is 0.382 e. The lowest BCUT2D eigenvalue weighted by molar-refractivity contribution is 0.157. The van der Waals surface area contributed by atoms with Gasteiger partial charge in [-0.3, -0.25) is 0 Å². The van der Waals surface area contributed by atoms with Gasteiger partial charge in [-0.1, -0.05) is 0 Å². The van der Waals surface area contributed by atoms with Crippen LogP contribution in [-0.4, -0.2) is 28.8 Å². The molecule has 0 aromatic carbocycles. The molecule has 1 aromatic heterocycles. The molecule has 1 aromatic rings. The zero-order chi connectivity index (χ0) is 10.6. The minimum atomic E-state index is -0.0903. The zero-order valence-corrected chi connectivity index (χ0v) is 9.37. The van der Waals surface area contributed by atoms with Crippen molar-refractivity contribution in [2.45, 2.75) is 32.9 Å². The summed E-state index contributed by atoms with van der Waals surface area (Å²) in [5, 5.41) is 3.35. The van der Waals surface area contributed by atoms with E-state index in [9.17, 15) is 0 Å². The average molecular weight is 197 g/mol.